The number of hydrogen-bond donors (Lipinski definition) is 1. The second-order valence-corrected chi connectivity index (χ2v) is 6.42. The summed E-state index contributed by atoms with van der Waals surface area (Å²) in [5, 5.41) is 8.91. The Hall–Kier alpha value is -1.88. The Balaban J connectivity index is 1.36. The molecule has 0 radical (unpaired) electrons. The van der Waals surface area contributed by atoms with Crippen molar-refractivity contribution in [2.24, 2.45) is 11.8 Å². The molecule has 1 N–H and O–H groups in total. The van der Waals surface area contributed by atoms with Crippen LogP contribution in [0.2, 0.25) is 0 Å². The van der Waals surface area contributed by atoms with Crippen molar-refractivity contribution >= 4 is 11.9 Å². The van der Waals surface area contributed by atoms with Crippen molar-refractivity contribution in [2.45, 2.75) is 31.8 Å². The van der Waals surface area contributed by atoms with Crippen molar-refractivity contribution in [3.63, 3.8) is 0 Å². The first-order chi connectivity index (χ1) is 11.1. The topological polar surface area (TPSA) is 66.8 Å². The molecule has 124 valence electrons. The van der Waals surface area contributed by atoms with Crippen LogP contribution in [0, 0.1) is 11.8 Å². The first-order valence-corrected chi connectivity index (χ1v) is 8.32. The molecular weight excluding hydrogens is 294 g/mol. The van der Waals surface area contributed by atoms with Crippen LogP contribution in [0.5, 0.6) is 0 Å². The average molecular weight is 317 g/mol. The van der Waals surface area contributed by atoms with E-state index < -0.39 is 11.9 Å². The highest BCUT2D eigenvalue weighted by Gasteiger charge is 2.50. The fraction of sp³-hybridized carbons (Fsp3) is 0.556. The Morgan fingerprint density at radius 3 is 2.43 bits per heavy atom. The van der Waals surface area contributed by atoms with E-state index in [-0.39, 0.29) is 17.9 Å². The maximum atomic E-state index is 12.2. The molecule has 1 aliphatic heterocycles. The van der Waals surface area contributed by atoms with Gasteiger partial charge in [0.15, 0.2) is 0 Å². The number of carbonyl (C=O) groups excluding carboxylic acids is 1. The first-order valence-electron chi connectivity index (χ1n) is 8.32. The van der Waals surface area contributed by atoms with Crippen molar-refractivity contribution in [3.05, 3.63) is 35.9 Å². The molecule has 2 fully saturated rings. The second-order valence-electron chi connectivity index (χ2n) is 6.42. The zero-order valence-corrected chi connectivity index (χ0v) is 13.2. The van der Waals surface area contributed by atoms with E-state index >= 15 is 0 Å². The lowest BCUT2D eigenvalue weighted by Crippen LogP contribution is -2.42. The number of nitrogens with zero attached hydrogens (tertiary/aromatic N) is 1. The number of likely N-dealkylation sites (tertiary alicyclic amines) is 1. The van der Waals surface area contributed by atoms with Crippen LogP contribution in [0.1, 0.15) is 24.8 Å². The molecule has 5 heteroatoms. The third kappa shape index (κ3) is 4.10. The molecule has 1 amide bonds. The van der Waals surface area contributed by atoms with Gasteiger partial charge in [-0.1, -0.05) is 30.3 Å². The van der Waals surface area contributed by atoms with Gasteiger partial charge in [0.2, 0.25) is 5.91 Å². The molecule has 2 aliphatic rings. The fourth-order valence-electron chi connectivity index (χ4n) is 3.21. The molecule has 0 spiro atoms. The monoisotopic (exact) mass is 317 g/mol. The van der Waals surface area contributed by atoms with Crippen molar-refractivity contribution < 1.29 is 19.4 Å². The largest absolute Gasteiger partial charge is 0.481 e. The van der Waals surface area contributed by atoms with Crippen LogP contribution in [-0.4, -0.2) is 47.7 Å². The summed E-state index contributed by atoms with van der Waals surface area (Å²) in [6, 6.07) is 10.3. The number of carbonyl (C=O) groups is 2. The summed E-state index contributed by atoms with van der Waals surface area (Å²) in [4.78, 5) is 24.9. The van der Waals surface area contributed by atoms with Gasteiger partial charge in [-0.3, -0.25) is 9.59 Å². The van der Waals surface area contributed by atoms with Gasteiger partial charge in [-0.2, -0.15) is 0 Å². The van der Waals surface area contributed by atoms with Crippen LogP contribution < -0.4 is 0 Å². The highest BCUT2D eigenvalue weighted by molar-refractivity contribution is 5.89. The Morgan fingerprint density at radius 2 is 1.83 bits per heavy atom. The third-order valence-electron chi connectivity index (χ3n) is 4.77. The van der Waals surface area contributed by atoms with E-state index in [1.54, 1.807) is 0 Å². The number of carboxylic acid groups (broad SMARTS) is 1. The number of carboxylic acids is 1. The van der Waals surface area contributed by atoms with Gasteiger partial charge in [0.1, 0.15) is 0 Å². The summed E-state index contributed by atoms with van der Waals surface area (Å²) < 4.78 is 5.92. The van der Waals surface area contributed by atoms with Crippen LogP contribution in [0.15, 0.2) is 30.3 Å². The predicted molar refractivity (Wildman–Crippen MR) is 84.9 cm³/mol. The van der Waals surface area contributed by atoms with E-state index in [0.717, 1.165) is 19.3 Å². The second kappa shape index (κ2) is 7.13. The number of aliphatic carboxylic acids is 1. The molecule has 3 rings (SSSR count). The first kappa shape index (κ1) is 16.0. The summed E-state index contributed by atoms with van der Waals surface area (Å²) in [7, 11) is 0. The zero-order valence-electron chi connectivity index (χ0n) is 13.2. The molecule has 1 heterocycles. The summed E-state index contributed by atoms with van der Waals surface area (Å²) in [5.74, 6) is -1.58. The van der Waals surface area contributed by atoms with Crippen LogP contribution >= 0.6 is 0 Å². The summed E-state index contributed by atoms with van der Waals surface area (Å²) in [6.07, 6.45) is 3.29. The number of hydrogen-bond acceptors (Lipinski definition) is 3. The van der Waals surface area contributed by atoms with Gasteiger partial charge >= 0.3 is 5.97 Å². The van der Waals surface area contributed by atoms with Crippen molar-refractivity contribution in [2.75, 3.05) is 19.7 Å². The highest BCUT2D eigenvalue weighted by atomic mass is 16.5. The minimum Gasteiger partial charge on any atom is -0.481 e. The Bertz CT molecular complexity index is 551. The molecule has 0 aromatic heterocycles. The number of rotatable bonds is 6. The third-order valence-corrected chi connectivity index (χ3v) is 4.77. The molecule has 1 saturated carbocycles. The summed E-state index contributed by atoms with van der Waals surface area (Å²) in [5.41, 5.74) is 1.27. The van der Waals surface area contributed by atoms with Gasteiger partial charge in [-0.05, 0) is 31.2 Å². The van der Waals surface area contributed by atoms with Crippen molar-refractivity contribution in [3.8, 4) is 0 Å². The maximum Gasteiger partial charge on any atom is 0.307 e. The van der Waals surface area contributed by atoms with Crippen LogP contribution in [0.25, 0.3) is 0 Å². The van der Waals surface area contributed by atoms with Gasteiger partial charge in [-0.15, -0.1) is 0 Å². The number of benzene rings is 1. The number of piperidine rings is 1. The van der Waals surface area contributed by atoms with E-state index in [9.17, 15) is 9.59 Å². The van der Waals surface area contributed by atoms with Crippen LogP contribution in [-0.2, 0) is 20.7 Å². The van der Waals surface area contributed by atoms with Crippen LogP contribution in [0.3, 0.4) is 0 Å². The molecule has 1 saturated heterocycles. The lowest BCUT2D eigenvalue weighted by molar-refractivity contribution is -0.142. The lowest BCUT2D eigenvalue weighted by atomic mass is 10.1. The Labute approximate surface area is 136 Å². The average Bonchev–Trinajstić information content (AvgIpc) is 3.37. The molecule has 0 bridgehead atoms. The molecule has 1 aliphatic carbocycles. The highest BCUT2D eigenvalue weighted by Crippen LogP contribution is 2.40. The number of ether oxygens (including phenoxy) is 1. The van der Waals surface area contributed by atoms with E-state index in [1.807, 2.05) is 23.1 Å². The summed E-state index contributed by atoms with van der Waals surface area (Å²) >= 11 is 0. The molecule has 1 aromatic carbocycles. The number of amides is 1. The van der Waals surface area contributed by atoms with E-state index in [0.29, 0.717) is 26.1 Å². The Kier molecular flexibility index (Phi) is 4.96. The minimum atomic E-state index is -0.845. The molecule has 0 unspecified atom stereocenters. The molecule has 23 heavy (non-hydrogen) atoms. The van der Waals surface area contributed by atoms with Crippen molar-refractivity contribution in [1.82, 2.24) is 4.90 Å². The molecule has 5 nitrogen and oxygen atoms in total. The molecule has 2 atom stereocenters. The van der Waals surface area contributed by atoms with Gasteiger partial charge < -0.3 is 14.7 Å². The van der Waals surface area contributed by atoms with Gasteiger partial charge in [0.05, 0.1) is 24.5 Å². The quantitative estimate of drug-likeness (QED) is 0.871. The zero-order chi connectivity index (χ0) is 16.2. The normalized spacial score (nSPS) is 24.4. The van der Waals surface area contributed by atoms with Gasteiger partial charge in [0, 0.05) is 13.1 Å². The van der Waals surface area contributed by atoms with E-state index in [2.05, 4.69) is 12.1 Å². The SMILES string of the molecule is O=C(O)[C@H]1C[C@H]1C(=O)N1CCC(OCCc2ccccc2)CC1. The minimum absolute atomic E-state index is 0.0140. The van der Waals surface area contributed by atoms with Crippen LogP contribution in [0.4, 0.5) is 0 Å². The summed E-state index contributed by atoms with van der Waals surface area (Å²) in [6.45, 7) is 2.06. The van der Waals surface area contributed by atoms with Gasteiger partial charge in [0.25, 0.3) is 0 Å². The fourth-order valence-corrected chi connectivity index (χ4v) is 3.21. The molecule has 1 aromatic rings. The van der Waals surface area contributed by atoms with E-state index in [1.165, 1.54) is 5.56 Å². The van der Waals surface area contributed by atoms with E-state index in [4.69, 9.17) is 9.84 Å². The molecular formula is C18H23NO4. The smallest absolute Gasteiger partial charge is 0.307 e. The standard InChI is InChI=1S/C18H23NO4/c20-17(15-12-16(15)18(21)22)19-9-6-14(7-10-19)23-11-8-13-4-2-1-3-5-13/h1-5,14-16H,6-12H2,(H,21,22)/t15-,16+/m1/s1. The lowest BCUT2D eigenvalue weighted by Gasteiger charge is -2.32. The Morgan fingerprint density at radius 1 is 1.13 bits per heavy atom. The van der Waals surface area contributed by atoms with Gasteiger partial charge in [-0.25, -0.2) is 0 Å². The maximum absolute atomic E-state index is 12.2. The predicted octanol–water partition coefficient (Wildman–Crippen LogP) is 1.96. The van der Waals surface area contributed by atoms with Crippen molar-refractivity contribution in [1.29, 1.82) is 0 Å².